The van der Waals surface area contributed by atoms with Crippen molar-refractivity contribution >= 4 is 5.78 Å². The molecule has 0 heterocycles. The average Bonchev–Trinajstić information content (AvgIpc) is 2.53. The lowest BCUT2D eigenvalue weighted by Gasteiger charge is -2.07. The van der Waals surface area contributed by atoms with Crippen LogP contribution in [0.3, 0.4) is 0 Å². The van der Waals surface area contributed by atoms with Crippen LogP contribution in [0.25, 0.3) is 0 Å². The number of hydrogen-bond donors (Lipinski definition) is 0. The number of rotatable bonds is 4. The van der Waals surface area contributed by atoms with Crippen LogP contribution in [0.1, 0.15) is 22.3 Å². The van der Waals surface area contributed by atoms with Crippen LogP contribution in [0.4, 0.5) is 0 Å². The molecule has 0 fully saturated rings. The van der Waals surface area contributed by atoms with E-state index >= 15 is 0 Å². The Labute approximate surface area is 120 Å². The summed E-state index contributed by atoms with van der Waals surface area (Å²) in [4.78, 5) is 12.3. The number of benzene rings is 2. The van der Waals surface area contributed by atoms with E-state index in [0.29, 0.717) is 12.0 Å². The first-order valence-electron chi connectivity index (χ1n) is 6.57. The van der Waals surface area contributed by atoms with E-state index in [9.17, 15) is 4.79 Å². The van der Waals surface area contributed by atoms with E-state index in [4.69, 9.17) is 0 Å². The highest BCUT2D eigenvalue weighted by Crippen LogP contribution is 2.13. The second-order valence-electron chi connectivity index (χ2n) is 4.44. The van der Waals surface area contributed by atoms with Crippen LogP contribution in [0.15, 0.2) is 73.3 Å². The molecule has 0 spiro atoms. The zero-order chi connectivity index (χ0) is 14.2. The Kier molecular flexibility index (Phi) is 4.92. The van der Waals surface area contributed by atoms with Crippen molar-refractivity contribution in [3.05, 3.63) is 84.4 Å². The molecule has 0 saturated heterocycles. The SMILES string of the molecule is C=CC(CC#Cc1ccccc1)C(=O)c1ccccc1. The molecule has 0 saturated carbocycles. The number of carbonyl (C=O) groups is 1. The molecule has 1 heteroatoms. The summed E-state index contributed by atoms with van der Waals surface area (Å²) in [7, 11) is 0. The van der Waals surface area contributed by atoms with Crippen molar-refractivity contribution in [3.8, 4) is 11.8 Å². The predicted molar refractivity (Wildman–Crippen MR) is 82.4 cm³/mol. The lowest BCUT2D eigenvalue weighted by molar-refractivity contribution is 0.0947. The van der Waals surface area contributed by atoms with E-state index in [1.165, 1.54) is 0 Å². The van der Waals surface area contributed by atoms with Crippen LogP contribution in [-0.4, -0.2) is 5.78 Å². The molecule has 2 aromatic carbocycles. The fourth-order valence-corrected chi connectivity index (χ4v) is 1.88. The molecule has 0 aliphatic carbocycles. The Hall–Kier alpha value is -2.59. The summed E-state index contributed by atoms with van der Waals surface area (Å²) >= 11 is 0. The van der Waals surface area contributed by atoms with Crippen LogP contribution in [-0.2, 0) is 0 Å². The molecular weight excluding hydrogens is 244 g/mol. The summed E-state index contributed by atoms with van der Waals surface area (Å²) in [5.41, 5.74) is 1.67. The Bertz CT molecular complexity index is 630. The van der Waals surface area contributed by atoms with Gasteiger partial charge in [0.05, 0.1) is 5.92 Å². The number of ketones is 1. The van der Waals surface area contributed by atoms with Crippen molar-refractivity contribution in [3.63, 3.8) is 0 Å². The van der Waals surface area contributed by atoms with Crippen LogP contribution < -0.4 is 0 Å². The van der Waals surface area contributed by atoms with E-state index in [1.807, 2.05) is 60.7 Å². The largest absolute Gasteiger partial charge is 0.293 e. The van der Waals surface area contributed by atoms with Crippen molar-refractivity contribution in [2.45, 2.75) is 6.42 Å². The molecule has 0 aliphatic heterocycles. The predicted octanol–water partition coefficient (Wildman–Crippen LogP) is 4.11. The Morgan fingerprint density at radius 3 is 2.25 bits per heavy atom. The number of carbonyl (C=O) groups excluding carboxylic acids is 1. The van der Waals surface area contributed by atoms with Crippen LogP contribution in [0.2, 0.25) is 0 Å². The van der Waals surface area contributed by atoms with Gasteiger partial charge >= 0.3 is 0 Å². The fraction of sp³-hybridized carbons (Fsp3) is 0.105. The molecule has 0 N–H and O–H groups in total. The van der Waals surface area contributed by atoms with Crippen LogP contribution in [0, 0.1) is 17.8 Å². The summed E-state index contributed by atoms with van der Waals surface area (Å²) in [6.07, 6.45) is 2.17. The maximum Gasteiger partial charge on any atom is 0.170 e. The third-order valence-corrected chi connectivity index (χ3v) is 3.01. The third kappa shape index (κ3) is 3.70. The van der Waals surface area contributed by atoms with Gasteiger partial charge in [-0.15, -0.1) is 6.58 Å². The third-order valence-electron chi connectivity index (χ3n) is 3.01. The van der Waals surface area contributed by atoms with Gasteiger partial charge in [-0.2, -0.15) is 0 Å². The summed E-state index contributed by atoms with van der Waals surface area (Å²) in [5, 5.41) is 0. The average molecular weight is 260 g/mol. The number of Topliss-reactive ketones (excluding diaryl/α,β-unsaturated/α-hetero) is 1. The molecule has 1 nitrogen and oxygen atoms in total. The van der Waals surface area contributed by atoms with Crippen molar-refractivity contribution in [1.29, 1.82) is 0 Å². The first-order chi connectivity index (χ1) is 9.81. The standard InChI is InChI=1S/C19H16O/c1-2-17(19(20)18-13-7-4-8-14-18)15-9-12-16-10-5-3-6-11-16/h2-8,10-11,13-14,17H,1,15H2. The molecule has 0 bridgehead atoms. The van der Waals surface area contributed by atoms with Gasteiger partial charge in [0, 0.05) is 17.5 Å². The van der Waals surface area contributed by atoms with E-state index < -0.39 is 0 Å². The molecule has 1 atom stereocenters. The molecule has 1 unspecified atom stereocenters. The second kappa shape index (κ2) is 7.11. The highest BCUT2D eigenvalue weighted by Gasteiger charge is 2.15. The fourth-order valence-electron chi connectivity index (χ4n) is 1.88. The van der Waals surface area contributed by atoms with Gasteiger partial charge in [0.2, 0.25) is 0 Å². The lowest BCUT2D eigenvalue weighted by Crippen LogP contribution is -2.11. The van der Waals surface area contributed by atoms with Crippen molar-refractivity contribution in [1.82, 2.24) is 0 Å². The lowest BCUT2D eigenvalue weighted by atomic mass is 9.95. The highest BCUT2D eigenvalue weighted by molar-refractivity contribution is 5.99. The minimum atomic E-state index is -0.256. The summed E-state index contributed by atoms with van der Waals surface area (Å²) in [5.74, 6) is 5.94. The van der Waals surface area contributed by atoms with E-state index in [-0.39, 0.29) is 11.7 Å². The number of hydrogen-bond acceptors (Lipinski definition) is 1. The topological polar surface area (TPSA) is 17.1 Å². The van der Waals surface area contributed by atoms with Gasteiger partial charge in [-0.3, -0.25) is 4.79 Å². The minimum absolute atomic E-state index is 0.0722. The molecule has 2 rings (SSSR count). The highest BCUT2D eigenvalue weighted by atomic mass is 16.1. The van der Waals surface area contributed by atoms with Crippen molar-refractivity contribution in [2.24, 2.45) is 5.92 Å². The van der Waals surface area contributed by atoms with Crippen LogP contribution in [0.5, 0.6) is 0 Å². The zero-order valence-electron chi connectivity index (χ0n) is 11.3. The molecular formula is C19H16O. The number of allylic oxidation sites excluding steroid dienone is 1. The van der Waals surface area contributed by atoms with E-state index in [1.54, 1.807) is 6.08 Å². The van der Waals surface area contributed by atoms with Gasteiger partial charge in [-0.1, -0.05) is 66.4 Å². The molecule has 0 radical (unpaired) electrons. The summed E-state index contributed by atoms with van der Waals surface area (Å²) < 4.78 is 0. The quantitative estimate of drug-likeness (QED) is 0.459. The van der Waals surface area contributed by atoms with Crippen molar-refractivity contribution in [2.75, 3.05) is 0 Å². The molecule has 0 amide bonds. The second-order valence-corrected chi connectivity index (χ2v) is 4.44. The maximum absolute atomic E-state index is 12.3. The Balaban J connectivity index is 2.05. The monoisotopic (exact) mass is 260 g/mol. The molecule has 2 aromatic rings. The summed E-state index contributed by atoms with van der Waals surface area (Å²) in [6, 6.07) is 19.0. The van der Waals surface area contributed by atoms with Gasteiger partial charge in [0.1, 0.15) is 0 Å². The molecule has 98 valence electrons. The minimum Gasteiger partial charge on any atom is -0.293 e. The summed E-state index contributed by atoms with van der Waals surface area (Å²) in [6.45, 7) is 3.74. The first kappa shape index (κ1) is 13.8. The van der Waals surface area contributed by atoms with Crippen LogP contribution >= 0.6 is 0 Å². The van der Waals surface area contributed by atoms with Gasteiger partial charge in [-0.25, -0.2) is 0 Å². The Morgan fingerprint density at radius 2 is 1.65 bits per heavy atom. The smallest absolute Gasteiger partial charge is 0.170 e. The van der Waals surface area contributed by atoms with Gasteiger partial charge < -0.3 is 0 Å². The van der Waals surface area contributed by atoms with E-state index in [0.717, 1.165) is 5.56 Å². The van der Waals surface area contributed by atoms with Gasteiger partial charge in [0.25, 0.3) is 0 Å². The molecule has 0 aliphatic rings. The first-order valence-corrected chi connectivity index (χ1v) is 6.57. The zero-order valence-corrected chi connectivity index (χ0v) is 11.3. The van der Waals surface area contributed by atoms with E-state index in [2.05, 4.69) is 18.4 Å². The van der Waals surface area contributed by atoms with Gasteiger partial charge in [0.15, 0.2) is 5.78 Å². The van der Waals surface area contributed by atoms with Crippen molar-refractivity contribution < 1.29 is 4.79 Å². The molecule has 20 heavy (non-hydrogen) atoms. The normalized spacial score (nSPS) is 11.0. The maximum atomic E-state index is 12.3. The molecule has 0 aromatic heterocycles. The Morgan fingerprint density at radius 1 is 1.05 bits per heavy atom. The van der Waals surface area contributed by atoms with Gasteiger partial charge in [-0.05, 0) is 12.1 Å².